The zero-order valence-electron chi connectivity index (χ0n) is 12.2. The third-order valence-corrected chi connectivity index (χ3v) is 3.65. The Morgan fingerprint density at radius 3 is 2.68 bits per heavy atom. The van der Waals surface area contributed by atoms with E-state index >= 15 is 0 Å². The van der Waals surface area contributed by atoms with Gasteiger partial charge in [0.25, 0.3) is 0 Å². The van der Waals surface area contributed by atoms with Crippen LogP contribution >= 0.6 is 0 Å². The average Bonchev–Trinajstić information content (AvgIpc) is 2.39. The molecular weight excluding hydrogens is 244 g/mol. The van der Waals surface area contributed by atoms with Crippen LogP contribution in [0.3, 0.4) is 0 Å². The summed E-state index contributed by atoms with van der Waals surface area (Å²) in [6.45, 7) is 7.48. The molecule has 0 aromatic heterocycles. The van der Waals surface area contributed by atoms with Gasteiger partial charge in [0.05, 0.1) is 18.4 Å². The van der Waals surface area contributed by atoms with E-state index in [0.29, 0.717) is 19.6 Å². The third-order valence-electron chi connectivity index (χ3n) is 3.65. The molecule has 0 saturated carbocycles. The summed E-state index contributed by atoms with van der Waals surface area (Å²) < 4.78 is 0. The van der Waals surface area contributed by atoms with Crippen LogP contribution in [0.15, 0.2) is 0 Å². The van der Waals surface area contributed by atoms with Crippen molar-refractivity contribution in [2.24, 2.45) is 11.8 Å². The Kier molecular flexibility index (Phi) is 6.28. The van der Waals surface area contributed by atoms with Crippen molar-refractivity contribution in [3.05, 3.63) is 0 Å². The molecule has 0 bridgehead atoms. The number of hydrogen-bond acceptors (Lipinski definition) is 3. The molecule has 110 valence electrons. The number of likely N-dealkylation sites (tertiary alicyclic amines) is 1. The Morgan fingerprint density at radius 2 is 2.11 bits per heavy atom. The van der Waals surface area contributed by atoms with E-state index in [0.717, 1.165) is 12.8 Å². The summed E-state index contributed by atoms with van der Waals surface area (Å²) in [4.78, 5) is 25.6. The summed E-state index contributed by atoms with van der Waals surface area (Å²) in [7, 11) is 0. The van der Waals surface area contributed by atoms with Gasteiger partial charge in [0.1, 0.15) is 0 Å². The second-order valence-corrected chi connectivity index (χ2v) is 5.59. The van der Waals surface area contributed by atoms with Gasteiger partial charge in [-0.2, -0.15) is 0 Å². The number of carbonyl (C=O) groups excluding carboxylic acids is 2. The molecule has 1 fully saturated rings. The highest BCUT2D eigenvalue weighted by atomic mass is 16.3. The molecule has 5 heteroatoms. The fraction of sp³-hybridized carbons (Fsp3) is 0.857. The van der Waals surface area contributed by atoms with E-state index in [1.54, 1.807) is 4.90 Å². The highest BCUT2D eigenvalue weighted by Crippen LogP contribution is 2.18. The van der Waals surface area contributed by atoms with Gasteiger partial charge in [-0.15, -0.1) is 0 Å². The predicted molar refractivity (Wildman–Crippen MR) is 73.4 cm³/mol. The summed E-state index contributed by atoms with van der Waals surface area (Å²) in [5.74, 6) is -0.0404. The van der Waals surface area contributed by atoms with Crippen LogP contribution in [0.1, 0.15) is 40.0 Å². The molecule has 1 saturated heterocycles. The van der Waals surface area contributed by atoms with E-state index in [1.165, 1.54) is 0 Å². The molecule has 0 spiro atoms. The fourth-order valence-corrected chi connectivity index (χ4v) is 2.28. The van der Waals surface area contributed by atoms with Crippen LogP contribution in [0.25, 0.3) is 0 Å². The topological polar surface area (TPSA) is 69.6 Å². The zero-order chi connectivity index (χ0) is 14.4. The lowest BCUT2D eigenvalue weighted by Crippen LogP contribution is -2.46. The number of amides is 2. The number of nitrogens with zero attached hydrogens (tertiary/aromatic N) is 1. The number of aliphatic hydroxyl groups excluding tert-OH is 1. The van der Waals surface area contributed by atoms with Crippen molar-refractivity contribution >= 4 is 11.8 Å². The van der Waals surface area contributed by atoms with Crippen molar-refractivity contribution < 1.29 is 14.7 Å². The lowest BCUT2D eigenvalue weighted by molar-refractivity contribution is -0.137. The minimum absolute atomic E-state index is 0.0319. The number of nitrogens with one attached hydrogen (secondary N) is 1. The van der Waals surface area contributed by atoms with Gasteiger partial charge in [0.2, 0.25) is 11.8 Å². The van der Waals surface area contributed by atoms with Crippen LogP contribution in [-0.4, -0.2) is 47.6 Å². The molecule has 0 aromatic rings. The summed E-state index contributed by atoms with van der Waals surface area (Å²) in [6.07, 6.45) is 1.24. The van der Waals surface area contributed by atoms with Gasteiger partial charge in [-0.3, -0.25) is 9.59 Å². The molecule has 0 aliphatic carbocycles. The first-order valence-corrected chi connectivity index (χ1v) is 7.19. The van der Waals surface area contributed by atoms with Crippen LogP contribution in [0.2, 0.25) is 0 Å². The van der Waals surface area contributed by atoms with E-state index in [2.05, 4.69) is 5.32 Å². The molecule has 1 rings (SSSR count). The standard InChI is InChI=1S/C14H26N2O3/c1-4-15-14(19)11-6-5-7-16(9-11)13(18)8-12(17)10(2)3/h10-12,17H,4-9H2,1-3H3,(H,15,19). The fourth-order valence-electron chi connectivity index (χ4n) is 2.28. The van der Waals surface area contributed by atoms with Crippen molar-refractivity contribution in [3.8, 4) is 0 Å². The maximum atomic E-state index is 12.1. The zero-order valence-corrected chi connectivity index (χ0v) is 12.2. The second-order valence-electron chi connectivity index (χ2n) is 5.59. The molecule has 2 N–H and O–H groups in total. The van der Waals surface area contributed by atoms with Crippen molar-refractivity contribution in [1.82, 2.24) is 10.2 Å². The van der Waals surface area contributed by atoms with Gasteiger partial charge in [0, 0.05) is 19.6 Å². The molecule has 1 heterocycles. The molecule has 1 aliphatic rings. The third kappa shape index (κ3) is 4.82. The molecule has 2 unspecified atom stereocenters. The first kappa shape index (κ1) is 16.0. The van der Waals surface area contributed by atoms with Crippen LogP contribution in [0.5, 0.6) is 0 Å². The van der Waals surface area contributed by atoms with Crippen molar-refractivity contribution in [2.45, 2.75) is 46.1 Å². The first-order valence-electron chi connectivity index (χ1n) is 7.19. The summed E-state index contributed by atoms with van der Waals surface area (Å²) in [6, 6.07) is 0. The number of piperidine rings is 1. The average molecular weight is 270 g/mol. The molecule has 1 aliphatic heterocycles. The van der Waals surface area contributed by atoms with Gasteiger partial charge < -0.3 is 15.3 Å². The lowest BCUT2D eigenvalue weighted by Gasteiger charge is -2.32. The number of carbonyl (C=O) groups is 2. The summed E-state index contributed by atoms with van der Waals surface area (Å²) >= 11 is 0. The SMILES string of the molecule is CCNC(=O)C1CCCN(C(=O)CC(O)C(C)C)C1. The molecule has 5 nitrogen and oxygen atoms in total. The van der Waals surface area contributed by atoms with Gasteiger partial charge in [-0.05, 0) is 25.7 Å². The van der Waals surface area contributed by atoms with Crippen LogP contribution in [0.4, 0.5) is 0 Å². The molecule has 2 amide bonds. The second kappa shape index (κ2) is 7.48. The first-order chi connectivity index (χ1) is 8.95. The maximum absolute atomic E-state index is 12.1. The van der Waals surface area contributed by atoms with Crippen molar-refractivity contribution in [3.63, 3.8) is 0 Å². The minimum Gasteiger partial charge on any atom is -0.392 e. The Morgan fingerprint density at radius 1 is 1.42 bits per heavy atom. The van der Waals surface area contributed by atoms with Gasteiger partial charge >= 0.3 is 0 Å². The highest BCUT2D eigenvalue weighted by Gasteiger charge is 2.29. The van der Waals surface area contributed by atoms with Crippen LogP contribution < -0.4 is 5.32 Å². The van der Waals surface area contributed by atoms with Gasteiger partial charge in [-0.1, -0.05) is 13.8 Å². The van der Waals surface area contributed by atoms with Gasteiger partial charge in [-0.25, -0.2) is 0 Å². The highest BCUT2D eigenvalue weighted by molar-refractivity contribution is 5.81. The van der Waals surface area contributed by atoms with E-state index in [-0.39, 0.29) is 30.1 Å². The Balaban J connectivity index is 2.50. The van der Waals surface area contributed by atoms with Crippen molar-refractivity contribution in [1.29, 1.82) is 0 Å². The molecule has 2 atom stereocenters. The van der Waals surface area contributed by atoms with Gasteiger partial charge in [0.15, 0.2) is 0 Å². The van der Waals surface area contributed by atoms with E-state index in [1.807, 2.05) is 20.8 Å². The Hall–Kier alpha value is -1.10. The number of rotatable bonds is 5. The molecular formula is C14H26N2O3. The largest absolute Gasteiger partial charge is 0.392 e. The van der Waals surface area contributed by atoms with E-state index < -0.39 is 6.10 Å². The Bertz CT molecular complexity index is 318. The normalized spacial score (nSPS) is 21.3. The quantitative estimate of drug-likeness (QED) is 0.775. The van der Waals surface area contributed by atoms with E-state index in [4.69, 9.17) is 0 Å². The minimum atomic E-state index is -0.600. The molecule has 0 radical (unpaired) electrons. The van der Waals surface area contributed by atoms with Crippen LogP contribution in [0, 0.1) is 11.8 Å². The Labute approximate surface area is 115 Å². The maximum Gasteiger partial charge on any atom is 0.225 e. The summed E-state index contributed by atoms with van der Waals surface area (Å²) in [5.41, 5.74) is 0. The number of aliphatic hydroxyl groups is 1. The summed E-state index contributed by atoms with van der Waals surface area (Å²) in [5, 5.41) is 12.6. The van der Waals surface area contributed by atoms with Crippen molar-refractivity contribution in [2.75, 3.05) is 19.6 Å². The number of hydrogen-bond donors (Lipinski definition) is 2. The smallest absolute Gasteiger partial charge is 0.225 e. The van der Waals surface area contributed by atoms with Crippen LogP contribution in [-0.2, 0) is 9.59 Å². The predicted octanol–water partition coefficient (Wildman–Crippen LogP) is 0.768. The molecule has 0 aromatic carbocycles. The molecule has 19 heavy (non-hydrogen) atoms. The monoisotopic (exact) mass is 270 g/mol. The lowest BCUT2D eigenvalue weighted by atomic mass is 9.96. The van der Waals surface area contributed by atoms with E-state index in [9.17, 15) is 14.7 Å².